The third-order valence-corrected chi connectivity index (χ3v) is 8.91. The van der Waals surface area contributed by atoms with E-state index in [9.17, 15) is 14.0 Å². The molecule has 2 heterocycles. The average molecular weight is 562 g/mol. The van der Waals surface area contributed by atoms with Crippen LogP contribution in [0, 0.1) is 23.6 Å². The van der Waals surface area contributed by atoms with Gasteiger partial charge in [0.2, 0.25) is 11.9 Å². The molecule has 8 heteroatoms. The number of hydrogen-bond acceptors (Lipinski definition) is 4. The second-order valence-corrected chi connectivity index (χ2v) is 12.6. The summed E-state index contributed by atoms with van der Waals surface area (Å²) in [7, 11) is 0. The number of benzene rings is 2. The zero-order chi connectivity index (χ0) is 29.1. The lowest BCUT2D eigenvalue weighted by Gasteiger charge is -2.34. The highest BCUT2D eigenvalue weighted by atomic mass is 19.1. The number of carbonyl (C=O) groups excluding carboxylic acids is 2. The van der Waals surface area contributed by atoms with Gasteiger partial charge in [0.25, 0.3) is 5.91 Å². The predicted octanol–water partition coefficient (Wildman–Crippen LogP) is 6.55. The van der Waals surface area contributed by atoms with Gasteiger partial charge in [-0.25, -0.2) is 9.37 Å². The van der Waals surface area contributed by atoms with Gasteiger partial charge >= 0.3 is 0 Å². The topological polar surface area (TPSA) is 79.3 Å². The number of nitrogens with one attached hydrogen (secondary N) is 2. The molecule has 0 atom stereocenters. The van der Waals surface area contributed by atoms with Gasteiger partial charge in [-0.2, -0.15) is 0 Å². The summed E-state index contributed by atoms with van der Waals surface area (Å²) in [6.45, 7) is 11.7. The van der Waals surface area contributed by atoms with Gasteiger partial charge in [-0.15, -0.1) is 0 Å². The molecule has 2 N–H and O–H groups in total. The summed E-state index contributed by atoms with van der Waals surface area (Å²) in [5, 5.41) is 6.03. The smallest absolute Gasteiger partial charge is 0.258 e. The molecule has 2 amide bonds. The van der Waals surface area contributed by atoms with Crippen LogP contribution >= 0.6 is 0 Å². The molecule has 1 aliphatic carbocycles. The molecule has 3 aromatic rings. The van der Waals surface area contributed by atoms with Gasteiger partial charge in [0.05, 0.1) is 11.0 Å². The van der Waals surface area contributed by atoms with Crippen molar-refractivity contribution in [3.63, 3.8) is 0 Å². The van der Waals surface area contributed by atoms with Crippen LogP contribution in [0.3, 0.4) is 0 Å². The minimum Gasteiger partial charge on any atom is -0.354 e. The zero-order valence-corrected chi connectivity index (χ0v) is 24.8. The molecule has 1 aromatic heterocycles. The molecule has 0 radical (unpaired) electrons. The van der Waals surface area contributed by atoms with Crippen molar-refractivity contribution in [1.82, 2.24) is 19.8 Å². The fraction of sp³-hybridized carbons (Fsp3) is 0.545. The first-order chi connectivity index (χ1) is 19.7. The van der Waals surface area contributed by atoms with Crippen LogP contribution in [0.5, 0.6) is 0 Å². The molecule has 1 saturated carbocycles. The number of imidazole rings is 1. The summed E-state index contributed by atoms with van der Waals surface area (Å²) in [6.07, 6.45) is 5.67. The Balaban J connectivity index is 1.40. The Hall–Kier alpha value is -3.26. The quantitative estimate of drug-likeness (QED) is 0.327. The fourth-order valence-electron chi connectivity index (χ4n) is 6.53. The van der Waals surface area contributed by atoms with E-state index in [0.29, 0.717) is 5.95 Å². The van der Waals surface area contributed by atoms with Crippen molar-refractivity contribution in [2.24, 2.45) is 17.8 Å². The third kappa shape index (κ3) is 6.97. The lowest BCUT2D eigenvalue weighted by atomic mass is 9.85. The van der Waals surface area contributed by atoms with E-state index in [1.54, 1.807) is 6.07 Å². The molecule has 1 saturated heterocycles. The van der Waals surface area contributed by atoms with Crippen molar-refractivity contribution in [3.05, 3.63) is 59.4 Å². The SMILES string of the molecule is CC(C)NC(=O)C1CCC(n2c(NC(=O)c3cccc(F)c3)nc3ccc(CN4CCC(C(C)C)CC4)cc32)CC1. The Bertz CT molecular complexity index is 1370. The number of carbonyl (C=O) groups is 2. The maximum atomic E-state index is 13.8. The number of piperidine rings is 1. The number of fused-ring (bicyclic) bond motifs is 1. The summed E-state index contributed by atoms with van der Waals surface area (Å²) in [5.41, 5.74) is 3.29. The molecule has 0 bridgehead atoms. The van der Waals surface area contributed by atoms with E-state index in [0.717, 1.165) is 68.2 Å². The van der Waals surface area contributed by atoms with E-state index in [4.69, 9.17) is 4.98 Å². The van der Waals surface area contributed by atoms with Crippen molar-refractivity contribution in [3.8, 4) is 0 Å². The van der Waals surface area contributed by atoms with Crippen LogP contribution in [0.4, 0.5) is 10.3 Å². The van der Waals surface area contributed by atoms with Gasteiger partial charge in [-0.1, -0.05) is 26.0 Å². The van der Waals surface area contributed by atoms with E-state index in [-0.39, 0.29) is 35.4 Å². The van der Waals surface area contributed by atoms with E-state index in [1.165, 1.54) is 36.6 Å². The van der Waals surface area contributed by atoms with Crippen LogP contribution < -0.4 is 10.6 Å². The standard InChI is InChI=1S/C33H44FN5O2/c1-21(2)24-14-16-38(17-15-24)20-23-8-13-29-30(18-23)39(28-11-9-25(10-12-28)31(40)35-22(3)4)33(36-29)37-32(41)26-6-5-7-27(34)19-26/h5-8,13,18-19,21-22,24-25,28H,9-12,14-17,20H2,1-4H3,(H,35,40)(H,36,37,41). The molecule has 7 nitrogen and oxygen atoms in total. The number of anilines is 1. The van der Waals surface area contributed by atoms with Crippen LogP contribution in [0.15, 0.2) is 42.5 Å². The van der Waals surface area contributed by atoms with Crippen LogP contribution in [0.1, 0.15) is 88.2 Å². The minimum absolute atomic E-state index is 0.00176. The van der Waals surface area contributed by atoms with Crippen molar-refractivity contribution >= 4 is 28.8 Å². The third-order valence-electron chi connectivity index (χ3n) is 8.91. The Morgan fingerprint density at radius 3 is 2.37 bits per heavy atom. The number of rotatable bonds is 8. The molecular weight excluding hydrogens is 517 g/mol. The van der Waals surface area contributed by atoms with E-state index in [2.05, 4.69) is 46.1 Å². The second-order valence-electron chi connectivity index (χ2n) is 12.6. The Kier molecular flexibility index (Phi) is 9.07. The number of likely N-dealkylation sites (tertiary alicyclic amines) is 1. The lowest BCUT2D eigenvalue weighted by molar-refractivity contribution is -0.126. The first-order valence-corrected chi connectivity index (χ1v) is 15.3. The summed E-state index contributed by atoms with van der Waals surface area (Å²) in [6, 6.07) is 12.3. The van der Waals surface area contributed by atoms with Gasteiger partial charge in [0.1, 0.15) is 5.82 Å². The maximum absolute atomic E-state index is 13.8. The largest absolute Gasteiger partial charge is 0.354 e. The van der Waals surface area contributed by atoms with Gasteiger partial charge in [0.15, 0.2) is 0 Å². The number of hydrogen-bond donors (Lipinski definition) is 2. The van der Waals surface area contributed by atoms with Crippen LogP contribution in [-0.4, -0.2) is 45.4 Å². The average Bonchev–Trinajstić information content (AvgIpc) is 3.30. The first-order valence-electron chi connectivity index (χ1n) is 15.3. The molecule has 2 fully saturated rings. The first kappa shape index (κ1) is 29.2. The Labute approximate surface area is 242 Å². The van der Waals surface area contributed by atoms with Crippen molar-refractivity contribution < 1.29 is 14.0 Å². The summed E-state index contributed by atoms with van der Waals surface area (Å²) < 4.78 is 16.0. The van der Waals surface area contributed by atoms with E-state index >= 15 is 0 Å². The summed E-state index contributed by atoms with van der Waals surface area (Å²) in [4.78, 5) is 33.2. The minimum atomic E-state index is -0.453. The molecule has 2 aromatic carbocycles. The molecule has 5 rings (SSSR count). The molecule has 220 valence electrons. The van der Waals surface area contributed by atoms with E-state index in [1.807, 2.05) is 19.9 Å². The highest BCUT2D eigenvalue weighted by Gasteiger charge is 2.30. The van der Waals surface area contributed by atoms with Crippen LogP contribution in [-0.2, 0) is 11.3 Å². The molecule has 0 unspecified atom stereocenters. The fourth-order valence-corrected chi connectivity index (χ4v) is 6.53. The Morgan fingerprint density at radius 2 is 1.71 bits per heavy atom. The second kappa shape index (κ2) is 12.7. The van der Waals surface area contributed by atoms with Gasteiger partial charge in [-0.05, 0) is 113 Å². The molecule has 2 aliphatic rings. The number of amides is 2. The van der Waals surface area contributed by atoms with E-state index < -0.39 is 5.82 Å². The lowest BCUT2D eigenvalue weighted by Crippen LogP contribution is -2.37. The monoisotopic (exact) mass is 561 g/mol. The van der Waals surface area contributed by atoms with Crippen LogP contribution in [0.2, 0.25) is 0 Å². The molecule has 0 spiro atoms. The zero-order valence-electron chi connectivity index (χ0n) is 24.8. The van der Waals surface area contributed by atoms with Gasteiger partial charge in [-0.3, -0.25) is 19.8 Å². The van der Waals surface area contributed by atoms with Crippen molar-refractivity contribution in [2.45, 2.75) is 84.8 Å². The Morgan fingerprint density at radius 1 is 0.976 bits per heavy atom. The van der Waals surface area contributed by atoms with Gasteiger partial charge in [0, 0.05) is 30.1 Å². The molecule has 41 heavy (non-hydrogen) atoms. The highest BCUT2D eigenvalue weighted by molar-refractivity contribution is 6.04. The van der Waals surface area contributed by atoms with Crippen LogP contribution in [0.25, 0.3) is 11.0 Å². The maximum Gasteiger partial charge on any atom is 0.258 e. The normalized spacial score (nSPS) is 20.6. The molecular formula is C33H44FN5O2. The number of halogens is 1. The highest BCUT2D eigenvalue weighted by Crippen LogP contribution is 2.37. The summed E-state index contributed by atoms with van der Waals surface area (Å²) in [5.74, 6) is 1.28. The number of nitrogens with zero attached hydrogens (tertiary/aromatic N) is 3. The number of aromatic nitrogens is 2. The predicted molar refractivity (Wildman–Crippen MR) is 161 cm³/mol. The summed E-state index contributed by atoms with van der Waals surface area (Å²) >= 11 is 0. The van der Waals surface area contributed by atoms with Gasteiger partial charge < -0.3 is 9.88 Å². The van der Waals surface area contributed by atoms with Crippen molar-refractivity contribution in [1.29, 1.82) is 0 Å². The van der Waals surface area contributed by atoms with Crippen molar-refractivity contribution in [2.75, 3.05) is 18.4 Å². The molecule has 1 aliphatic heterocycles.